The van der Waals surface area contributed by atoms with E-state index in [0.29, 0.717) is 18.7 Å². The fraction of sp³-hybridized carbons (Fsp3) is 0.417. The van der Waals surface area contributed by atoms with Crippen molar-refractivity contribution in [3.63, 3.8) is 0 Å². The minimum absolute atomic E-state index is 0.123. The van der Waals surface area contributed by atoms with Crippen LogP contribution in [0, 0.1) is 23.4 Å². The molecular weight excluding hydrogens is 245 g/mol. The maximum Gasteiger partial charge on any atom is 0.241 e. The number of hydrogen-bond acceptors (Lipinski definition) is 2. The van der Waals surface area contributed by atoms with E-state index in [2.05, 4.69) is 10.6 Å². The number of hydrogen-bond donors (Lipinski definition) is 2. The van der Waals surface area contributed by atoms with Crippen molar-refractivity contribution < 1.29 is 18.0 Å². The van der Waals surface area contributed by atoms with Crippen molar-refractivity contribution in [2.75, 3.05) is 11.9 Å². The fourth-order valence-corrected chi connectivity index (χ4v) is 2.01. The van der Waals surface area contributed by atoms with Crippen LogP contribution in [0.15, 0.2) is 12.1 Å². The van der Waals surface area contributed by atoms with Gasteiger partial charge in [-0.15, -0.1) is 0 Å². The Bertz CT molecular complexity index is 479. The van der Waals surface area contributed by atoms with Gasteiger partial charge in [0.1, 0.15) is 5.82 Å². The van der Waals surface area contributed by atoms with Crippen LogP contribution in [0.5, 0.6) is 0 Å². The Morgan fingerprint density at radius 3 is 2.56 bits per heavy atom. The zero-order valence-corrected chi connectivity index (χ0v) is 9.77. The van der Waals surface area contributed by atoms with Gasteiger partial charge in [-0.3, -0.25) is 4.79 Å². The van der Waals surface area contributed by atoms with Gasteiger partial charge in [0.2, 0.25) is 5.91 Å². The summed E-state index contributed by atoms with van der Waals surface area (Å²) in [6.07, 6.45) is 0.846. The standard InChI is InChI=1S/C12H13F3N2O/c1-6-2-3-16-11(6)12(18)17-10-5-8(14)7(13)4-9(10)15/h4-6,11,16H,2-3H2,1H3,(H,17,18). The summed E-state index contributed by atoms with van der Waals surface area (Å²) in [6.45, 7) is 2.60. The lowest BCUT2D eigenvalue weighted by molar-refractivity contribution is -0.118. The Morgan fingerprint density at radius 2 is 1.94 bits per heavy atom. The van der Waals surface area contributed by atoms with E-state index in [-0.39, 0.29) is 11.6 Å². The lowest BCUT2D eigenvalue weighted by Gasteiger charge is -2.15. The quantitative estimate of drug-likeness (QED) is 0.797. The highest BCUT2D eigenvalue weighted by Gasteiger charge is 2.29. The number of benzene rings is 1. The molecule has 1 aliphatic rings. The fourth-order valence-electron chi connectivity index (χ4n) is 2.01. The number of anilines is 1. The molecule has 0 saturated carbocycles. The van der Waals surface area contributed by atoms with E-state index in [0.717, 1.165) is 6.42 Å². The van der Waals surface area contributed by atoms with Crippen molar-refractivity contribution in [2.24, 2.45) is 5.92 Å². The molecule has 18 heavy (non-hydrogen) atoms. The number of amides is 1. The van der Waals surface area contributed by atoms with Crippen LogP contribution in [0.1, 0.15) is 13.3 Å². The molecule has 1 amide bonds. The Balaban J connectivity index is 2.14. The van der Waals surface area contributed by atoms with Gasteiger partial charge in [0.15, 0.2) is 11.6 Å². The van der Waals surface area contributed by atoms with Crippen LogP contribution in [0.3, 0.4) is 0 Å². The van der Waals surface area contributed by atoms with E-state index in [1.807, 2.05) is 6.92 Å². The number of nitrogens with one attached hydrogen (secondary N) is 2. The van der Waals surface area contributed by atoms with Crippen LogP contribution in [0.25, 0.3) is 0 Å². The van der Waals surface area contributed by atoms with Gasteiger partial charge in [0.25, 0.3) is 0 Å². The zero-order chi connectivity index (χ0) is 13.3. The van der Waals surface area contributed by atoms with Crippen molar-refractivity contribution in [2.45, 2.75) is 19.4 Å². The average Bonchev–Trinajstić information content (AvgIpc) is 2.72. The Hall–Kier alpha value is -1.56. The third-order valence-electron chi connectivity index (χ3n) is 3.08. The highest BCUT2D eigenvalue weighted by Crippen LogP contribution is 2.21. The Morgan fingerprint density at radius 1 is 1.28 bits per heavy atom. The minimum Gasteiger partial charge on any atom is -0.322 e. The summed E-state index contributed by atoms with van der Waals surface area (Å²) < 4.78 is 39.0. The van der Waals surface area contributed by atoms with Crippen LogP contribution < -0.4 is 10.6 Å². The van der Waals surface area contributed by atoms with E-state index in [9.17, 15) is 18.0 Å². The van der Waals surface area contributed by atoms with Gasteiger partial charge in [0, 0.05) is 12.1 Å². The maximum absolute atomic E-state index is 13.3. The molecule has 1 fully saturated rings. The molecule has 0 spiro atoms. The first kappa shape index (κ1) is 12.9. The number of halogens is 3. The molecule has 0 bridgehead atoms. The topological polar surface area (TPSA) is 41.1 Å². The van der Waals surface area contributed by atoms with Gasteiger partial charge < -0.3 is 10.6 Å². The lowest BCUT2D eigenvalue weighted by atomic mass is 10.0. The molecule has 1 heterocycles. The summed E-state index contributed by atoms with van der Waals surface area (Å²) in [7, 11) is 0. The molecule has 2 atom stereocenters. The second-order valence-electron chi connectivity index (χ2n) is 4.43. The zero-order valence-electron chi connectivity index (χ0n) is 9.77. The van der Waals surface area contributed by atoms with Crippen LogP contribution >= 0.6 is 0 Å². The summed E-state index contributed by atoms with van der Waals surface area (Å²) in [4.78, 5) is 11.8. The van der Waals surface area contributed by atoms with Crippen LogP contribution in [-0.2, 0) is 4.79 Å². The van der Waals surface area contributed by atoms with Crippen molar-refractivity contribution in [1.29, 1.82) is 0 Å². The van der Waals surface area contributed by atoms with Gasteiger partial charge in [-0.25, -0.2) is 13.2 Å². The molecule has 2 N–H and O–H groups in total. The molecule has 1 aromatic rings. The Labute approximate surface area is 102 Å². The average molecular weight is 258 g/mol. The third kappa shape index (κ3) is 2.48. The highest BCUT2D eigenvalue weighted by molar-refractivity contribution is 5.95. The molecule has 0 aromatic heterocycles. The maximum atomic E-state index is 13.3. The number of rotatable bonds is 2. The molecule has 2 unspecified atom stereocenters. The summed E-state index contributed by atoms with van der Waals surface area (Å²) in [5.41, 5.74) is -0.347. The molecule has 2 rings (SSSR count). The first-order chi connectivity index (χ1) is 8.49. The van der Waals surface area contributed by atoms with Gasteiger partial charge >= 0.3 is 0 Å². The number of carbonyl (C=O) groups excluding carboxylic acids is 1. The van der Waals surface area contributed by atoms with Crippen LogP contribution in [0.4, 0.5) is 18.9 Å². The largest absolute Gasteiger partial charge is 0.322 e. The molecule has 6 heteroatoms. The van der Waals surface area contributed by atoms with Gasteiger partial charge in [-0.2, -0.15) is 0 Å². The molecule has 1 aromatic carbocycles. The third-order valence-corrected chi connectivity index (χ3v) is 3.08. The van der Waals surface area contributed by atoms with E-state index < -0.39 is 29.4 Å². The lowest BCUT2D eigenvalue weighted by Crippen LogP contribution is -2.39. The van der Waals surface area contributed by atoms with Crippen molar-refractivity contribution in [3.05, 3.63) is 29.6 Å². The second kappa shape index (κ2) is 4.97. The summed E-state index contributed by atoms with van der Waals surface area (Å²) in [5.74, 6) is -3.78. The predicted molar refractivity (Wildman–Crippen MR) is 60.5 cm³/mol. The molecule has 1 saturated heterocycles. The SMILES string of the molecule is CC1CCNC1C(=O)Nc1cc(F)c(F)cc1F. The van der Waals surface area contributed by atoms with Gasteiger partial charge in [0.05, 0.1) is 11.7 Å². The molecule has 0 aliphatic carbocycles. The van der Waals surface area contributed by atoms with E-state index in [1.165, 1.54) is 0 Å². The van der Waals surface area contributed by atoms with Crippen molar-refractivity contribution in [1.82, 2.24) is 5.32 Å². The number of carbonyl (C=O) groups is 1. The normalized spacial score (nSPS) is 23.1. The molecular formula is C12H13F3N2O. The van der Waals surface area contributed by atoms with E-state index in [4.69, 9.17) is 0 Å². The van der Waals surface area contributed by atoms with Gasteiger partial charge in [-0.05, 0) is 18.9 Å². The van der Waals surface area contributed by atoms with E-state index in [1.54, 1.807) is 0 Å². The monoisotopic (exact) mass is 258 g/mol. The Kier molecular flexibility index (Phi) is 3.56. The summed E-state index contributed by atoms with van der Waals surface area (Å²) >= 11 is 0. The molecule has 0 radical (unpaired) electrons. The first-order valence-electron chi connectivity index (χ1n) is 5.68. The summed E-state index contributed by atoms with van der Waals surface area (Å²) in [5, 5.41) is 5.24. The molecule has 3 nitrogen and oxygen atoms in total. The van der Waals surface area contributed by atoms with E-state index >= 15 is 0 Å². The smallest absolute Gasteiger partial charge is 0.241 e. The first-order valence-corrected chi connectivity index (χ1v) is 5.68. The highest BCUT2D eigenvalue weighted by atomic mass is 19.2. The predicted octanol–water partition coefficient (Wildman–Crippen LogP) is 2.04. The van der Waals surface area contributed by atoms with Crippen LogP contribution in [-0.4, -0.2) is 18.5 Å². The van der Waals surface area contributed by atoms with Crippen LogP contribution in [0.2, 0.25) is 0 Å². The van der Waals surface area contributed by atoms with Crippen molar-refractivity contribution >= 4 is 11.6 Å². The van der Waals surface area contributed by atoms with Gasteiger partial charge in [-0.1, -0.05) is 6.92 Å². The second-order valence-corrected chi connectivity index (χ2v) is 4.43. The minimum atomic E-state index is -1.28. The molecule has 98 valence electrons. The summed E-state index contributed by atoms with van der Waals surface area (Å²) in [6, 6.07) is 0.621. The van der Waals surface area contributed by atoms with Crippen molar-refractivity contribution in [3.8, 4) is 0 Å². The molecule has 1 aliphatic heterocycles.